The second kappa shape index (κ2) is 11.3. The minimum Gasteiger partial charge on any atom is -0.357 e. The summed E-state index contributed by atoms with van der Waals surface area (Å²) in [6, 6.07) is 14.1. The number of likely N-dealkylation sites (N-methyl/N-ethyl adjacent to an activating group) is 1. The van der Waals surface area contributed by atoms with Gasteiger partial charge in [-0.05, 0) is 42.5 Å². The van der Waals surface area contributed by atoms with E-state index >= 15 is 0 Å². The zero-order valence-electron chi connectivity index (χ0n) is 20.3. The largest absolute Gasteiger partial charge is 0.357 e. The molecule has 7 nitrogen and oxygen atoms in total. The highest BCUT2D eigenvalue weighted by atomic mass is 32.2. The lowest BCUT2D eigenvalue weighted by Crippen LogP contribution is -2.51. The molecule has 0 aromatic heterocycles. The Labute approximate surface area is 197 Å². The van der Waals surface area contributed by atoms with Crippen molar-refractivity contribution >= 4 is 27.5 Å². The van der Waals surface area contributed by atoms with E-state index in [1.54, 1.807) is 12.1 Å². The van der Waals surface area contributed by atoms with E-state index < -0.39 is 22.0 Å². The van der Waals surface area contributed by atoms with E-state index in [1.165, 1.54) is 11.9 Å². The van der Waals surface area contributed by atoms with Gasteiger partial charge in [0.15, 0.2) is 0 Å². The van der Waals surface area contributed by atoms with Crippen molar-refractivity contribution in [2.75, 3.05) is 24.2 Å². The molecule has 1 N–H and O–H groups in total. The summed E-state index contributed by atoms with van der Waals surface area (Å²) in [5.74, 6) is -0.425. The first kappa shape index (κ1) is 26.4. The molecule has 0 radical (unpaired) electrons. The minimum atomic E-state index is -3.73. The van der Waals surface area contributed by atoms with Gasteiger partial charge in [-0.2, -0.15) is 0 Å². The Kier molecular flexibility index (Phi) is 9.05. The van der Waals surface area contributed by atoms with Crippen molar-refractivity contribution in [3.8, 4) is 0 Å². The molecule has 0 saturated carbocycles. The molecule has 8 heteroatoms. The molecule has 0 aliphatic heterocycles. The molecule has 0 fully saturated rings. The summed E-state index contributed by atoms with van der Waals surface area (Å²) in [5.41, 5.74) is 3.40. The van der Waals surface area contributed by atoms with Gasteiger partial charge in [-0.3, -0.25) is 13.9 Å². The maximum Gasteiger partial charge on any atom is 0.244 e. The van der Waals surface area contributed by atoms with Crippen molar-refractivity contribution < 1.29 is 18.0 Å². The van der Waals surface area contributed by atoms with Crippen molar-refractivity contribution in [1.29, 1.82) is 0 Å². The summed E-state index contributed by atoms with van der Waals surface area (Å²) < 4.78 is 26.3. The summed E-state index contributed by atoms with van der Waals surface area (Å²) in [5, 5.41) is 2.62. The quantitative estimate of drug-likeness (QED) is 0.573. The van der Waals surface area contributed by atoms with Crippen LogP contribution in [0.25, 0.3) is 0 Å². The van der Waals surface area contributed by atoms with E-state index in [9.17, 15) is 18.0 Å². The van der Waals surface area contributed by atoms with E-state index in [2.05, 4.69) is 19.2 Å². The van der Waals surface area contributed by atoms with E-state index in [-0.39, 0.29) is 19.0 Å². The molecule has 2 aromatic carbocycles. The van der Waals surface area contributed by atoms with E-state index in [0.29, 0.717) is 18.0 Å². The van der Waals surface area contributed by atoms with E-state index in [4.69, 9.17) is 0 Å². The number of hydrogen-bond donors (Lipinski definition) is 1. The minimum absolute atomic E-state index is 0.205. The van der Waals surface area contributed by atoms with Gasteiger partial charge >= 0.3 is 0 Å². The number of nitrogens with one attached hydrogen (secondary N) is 1. The van der Waals surface area contributed by atoms with Crippen molar-refractivity contribution in [2.45, 2.75) is 52.6 Å². The number of benzene rings is 2. The maximum atomic E-state index is 13.5. The van der Waals surface area contributed by atoms with Crippen LogP contribution < -0.4 is 9.62 Å². The zero-order valence-corrected chi connectivity index (χ0v) is 21.1. The zero-order chi connectivity index (χ0) is 24.8. The van der Waals surface area contributed by atoms with Crippen LogP contribution in [0.4, 0.5) is 5.69 Å². The number of hydrogen-bond acceptors (Lipinski definition) is 4. The molecule has 0 saturated heterocycles. The van der Waals surface area contributed by atoms with Gasteiger partial charge in [0, 0.05) is 13.6 Å². The van der Waals surface area contributed by atoms with Crippen LogP contribution in [0.2, 0.25) is 0 Å². The number of carbonyl (C=O) groups excluding carboxylic acids is 2. The fraction of sp³-hybridized carbons (Fsp3) is 0.440. The Morgan fingerprint density at radius 2 is 1.70 bits per heavy atom. The van der Waals surface area contributed by atoms with Crippen molar-refractivity contribution in [3.63, 3.8) is 0 Å². The highest BCUT2D eigenvalue weighted by Gasteiger charge is 2.31. The molecule has 0 spiro atoms. The van der Waals surface area contributed by atoms with Crippen LogP contribution in [0.3, 0.4) is 0 Å². The molecule has 0 heterocycles. The Bertz CT molecular complexity index is 1070. The van der Waals surface area contributed by atoms with Gasteiger partial charge in [0.25, 0.3) is 0 Å². The Morgan fingerprint density at radius 1 is 1.06 bits per heavy atom. The molecule has 0 aliphatic rings. The van der Waals surface area contributed by atoms with Crippen LogP contribution in [0.5, 0.6) is 0 Å². The standard InChI is InChI=1S/C25H35N3O4S/c1-7-23(25(30)26-5)27(16-20-10-8-9-19(4)15-20)24(29)17-28(33(6,31)32)22-13-11-21(12-14-22)18(2)3/h8-15,18,23H,7,16-17H2,1-6H3,(H,26,30). The third-order valence-corrected chi connectivity index (χ3v) is 6.74. The first-order chi connectivity index (χ1) is 15.5. The molecule has 1 atom stereocenters. The van der Waals surface area contributed by atoms with Crippen molar-refractivity contribution in [2.24, 2.45) is 0 Å². The molecule has 180 valence electrons. The summed E-state index contributed by atoms with van der Waals surface area (Å²) >= 11 is 0. The fourth-order valence-corrected chi connectivity index (χ4v) is 4.58. The van der Waals surface area contributed by atoms with Gasteiger partial charge in [0.2, 0.25) is 21.8 Å². The summed E-state index contributed by atoms with van der Waals surface area (Å²) in [4.78, 5) is 27.5. The summed E-state index contributed by atoms with van der Waals surface area (Å²) in [6.45, 7) is 7.71. The van der Waals surface area contributed by atoms with Gasteiger partial charge in [-0.25, -0.2) is 8.42 Å². The highest BCUT2D eigenvalue weighted by Crippen LogP contribution is 2.23. The molecular formula is C25H35N3O4S. The number of anilines is 1. The van der Waals surface area contributed by atoms with Crippen molar-refractivity contribution in [3.05, 3.63) is 65.2 Å². The van der Waals surface area contributed by atoms with Crippen LogP contribution in [-0.4, -0.2) is 51.0 Å². The van der Waals surface area contributed by atoms with Crippen LogP contribution in [0.1, 0.15) is 49.8 Å². The SMILES string of the molecule is CCC(C(=O)NC)N(Cc1cccc(C)c1)C(=O)CN(c1ccc(C(C)C)cc1)S(C)(=O)=O. The molecule has 0 aliphatic carbocycles. The van der Waals surface area contributed by atoms with Gasteiger partial charge in [-0.15, -0.1) is 0 Å². The molecule has 2 aromatic rings. The first-order valence-corrected chi connectivity index (χ1v) is 13.0. The normalized spacial score (nSPS) is 12.3. The third kappa shape index (κ3) is 7.05. The monoisotopic (exact) mass is 473 g/mol. The number of nitrogens with zero attached hydrogens (tertiary/aromatic N) is 2. The number of carbonyl (C=O) groups is 2. The Balaban J connectivity index is 2.41. The second-order valence-corrected chi connectivity index (χ2v) is 10.5. The lowest BCUT2D eigenvalue weighted by Gasteiger charge is -2.32. The molecule has 0 bridgehead atoms. The molecule has 2 rings (SSSR count). The van der Waals surface area contributed by atoms with E-state index in [0.717, 1.165) is 27.3 Å². The molecule has 2 amide bonds. The lowest BCUT2D eigenvalue weighted by molar-refractivity contribution is -0.140. The maximum absolute atomic E-state index is 13.5. The number of amides is 2. The summed E-state index contributed by atoms with van der Waals surface area (Å²) in [6.07, 6.45) is 1.48. The first-order valence-electron chi connectivity index (χ1n) is 11.1. The fourth-order valence-electron chi connectivity index (χ4n) is 3.73. The molecular weight excluding hydrogens is 438 g/mol. The lowest BCUT2D eigenvalue weighted by atomic mass is 10.0. The van der Waals surface area contributed by atoms with Gasteiger partial charge in [0.1, 0.15) is 12.6 Å². The Morgan fingerprint density at radius 3 is 2.18 bits per heavy atom. The van der Waals surface area contributed by atoms with Crippen LogP contribution in [-0.2, 0) is 26.2 Å². The van der Waals surface area contributed by atoms with Gasteiger partial charge in [-0.1, -0.05) is 62.7 Å². The van der Waals surface area contributed by atoms with E-state index in [1.807, 2.05) is 50.2 Å². The number of sulfonamides is 1. The van der Waals surface area contributed by atoms with Crippen LogP contribution in [0, 0.1) is 6.92 Å². The smallest absolute Gasteiger partial charge is 0.244 e. The predicted molar refractivity (Wildman–Crippen MR) is 133 cm³/mol. The summed E-state index contributed by atoms with van der Waals surface area (Å²) in [7, 11) is -2.20. The van der Waals surface area contributed by atoms with Gasteiger partial charge < -0.3 is 10.2 Å². The Hall–Kier alpha value is -2.87. The van der Waals surface area contributed by atoms with Crippen LogP contribution >= 0.6 is 0 Å². The molecule has 1 unspecified atom stereocenters. The predicted octanol–water partition coefficient (Wildman–Crippen LogP) is 3.44. The third-order valence-electron chi connectivity index (χ3n) is 5.59. The number of rotatable bonds is 10. The average molecular weight is 474 g/mol. The highest BCUT2D eigenvalue weighted by molar-refractivity contribution is 7.92. The second-order valence-electron chi connectivity index (χ2n) is 8.56. The van der Waals surface area contributed by atoms with Crippen molar-refractivity contribution in [1.82, 2.24) is 10.2 Å². The van der Waals surface area contributed by atoms with Crippen LogP contribution in [0.15, 0.2) is 48.5 Å². The molecule has 33 heavy (non-hydrogen) atoms. The average Bonchev–Trinajstić information content (AvgIpc) is 2.76. The topological polar surface area (TPSA) is 86.8 Å². The van der Waals surface area contributed by atoms with Gasteiger partial charge in [0.05, 0.1) is 11.9 Å². The number of aryl methyl sites for hydroxylation is 1.